The maximum atomic E-state index is 12.0. The molecule has 0 atom stereocenters. The maximum absolute atomic E-state index is 12.0. The third kappa shape index (κ3) is 5.22. The van der Waals surface area contributed by atoms with Crippen LogP contribution in [0.1, 0.15) is 5.56 Å². The van der Waals surface area contributed by atoms with Crippen molar-refractivity contribution in [3.05, 3.63) is 83.6 Å². The van der Waals surface area contributed by atoms with Crippen LogP contribution >= 0.6 is 11.6 Å². The van der Waals surface area contributed by atoms with E-state index >= 15 is 0 Å². The molecule has 0 aliphatic carbocycles. The van der Waals surface area contributed by atoms with E-state index < -0.39 is 0 Å². The fourth-order valence-electron chi connectivity index (χ4n) is 2.19. The second-order valence-corrected chi connectivity index (χ2v) is 5.69. The topological polar surface area (TPSA) is 63.2 Å². The number of rotatable bonds is 5. The Kier molecular flexibility index (Phi) is 5.49. The van der Waals surface area contributed by atoms with Crippen LogP contribution in [0, 0.1) is 0 Å². The predicted octanol–water partition coefficient (Wildman–Crippen LogP) is 4.85. The highest BCUT2D eigenvalue weighted by atomic mass is 35.5. The number of carbonyl (C=O) groups excluding carboxylic acids is 1. The van der Waals surface area contributed by atoms with Gasteiger partial charge in [0.1, 0.15) is 11.5 Å². The van der Waals surface area contributed by atoms with E-state index in [1.54, 1.807) is 48.8 Å². The van der Waals surface area contributed by atoms with E-state index in [4.69, 9.17) is 16.3 Å². The standard InChI is InChI=1S/C19H16ClN3O2/c20-15-4-2-5-16(12-15)23-19(24)22-13-14-3-1-6-18(11-14)25-17-7-9-21-10-8-17/h1-12H,13H2,(H2,22,23,24). The lowest BCUT2D eigenvalue weighted by atomic mass is 10.2. The zero-order chi connectivity index (χ0) is 17.5. The first-order valence-corrected chi connectivity index (χ1v) is 8.04. The monoisotopic (exact) mass is 353 g/mol. The number of anilines is 1. The largest absolute Gasteiger partial charge is 0.457 e. The van der Waals surface area contributed by atoms with Crippen molar-refractivity contribution in [2.45, 2.75) is 6.54 Å². The van der Waals surface area contributed by atoms with Crippen molar-refractivity contribution in [2.24, 2.45) is 0 Å². The summed E-state index contributed by atoms with van der Waals surface area (Å²) in [5.41, 5.74) is 1.56. The van der Waals surface area contributed by atoms with Gasteiger partial charge in [0.15, 0.2) is 0 Å². The molecule has 0 radical (unpaired) electrons. The number of aromatic nitrogens is 1. The van der Waals surface area contributed by atoms with Crippen LogP contribution in [0.15, 0.2) is 73.1 Å². The van der Waals surface area contributed by atoms with Gasteiger partial charge in [-0.2, -0.15) is 0 Å². The van der Waals surface area contributed by atoms with Gasteiger partial charge in [-0.25, -0.2) is 4.79 Å². The Morgan fingerprint density at radius 1 is 1.00 bits per heavy atom. The number of nitrogens with zero attached hydrogens (tertiary/aromatic N) is 1. The van der Waals surface area contributed by atoms with Gasteiger partial charge in [0.2, 0.25) is 0 Å². The molecular formula is C19H16ClN3O2. The number of nitrogens with one attached hydrogen (secondary N) is 2. The summed E-state index contributed by atoms with van der Waals surface area (Å²) < 4.78 is 5.75. The average Bonchev–Trinajstić information content (AvgIpc) is 2.61. The lowest BCUT2D eigenvalue weighted by molar-refractivity contribution is 0.251. The Morgan fingerprint density at radius 2 is 1.80 bits per heavy atom. The second-order valence-electron chi connectivity index (χ2n) is 5.25. The van der Waals surface area contributed by atoms with Crippen LogP contribution in [0.25, 0.3) is 0 Å². The number of halogens is 1. The van der Waals surface area contributed by atoms with Gasteiger partial charge in [0.05, 0.1) is 0 Å². The predicted molar refractivity (Wildman–Crippen MR) is 98.1 cm³/mol. The molecule has 0 saturated carbocycles. The molecule has 5 nitrogen and oxygen atoms in total. The number of benzene rings is 2. The molecule has 2 amide bonds. The van der Waals surface area contributed by atoms with E-state index in [2.05, 4.69) is 15.6 Å². The Labute approximate surface area is 150 Å². The molecule has 0 unspecified atom stereocenters. The molecule has 0 fully saturated rings. The minimum atomic E-state index is -0.303. The molecule has 0 bridgehead atoms. The van der Waals surface area contributed by atoms with E-state index in [0.717, 1.165) is 5.56 Å². The van der Waals surface area contributed by atoms with Gasteiger partial charge < -0.3 is 15.4 Å². The molecule has 2 N–H and O–H groups in total. The molecule has 1 heterocycles. The minimum Gasteiger partial charge on any atom is -0.457 e. The molecule has 0 saturated heterocycles. The Hall–Kier alpha value is -3.05. The molecule has 6 heteroatoms. The van der Waals surface area contributed by atoms with Crippen LogP contribution in [0.3, 0.4) is 0 Å². The quantitative estimate of drug-likeness (QED) is 0.689. The normalized spacial score (nSPS) is 10.1. The van der Waals surface area contributed by atoms with E-state index in [9.17, 15) is 4.79 Å². The lowest BCUT2D eigenvalue weighted by Gasteiger charge is -2.10. The highest BCUT2D eigenvalue weighted by Gasteiger charge is 2.04. The first-order chi connectivity index (χ1) is 12.2. The van der Waals surface area contributed by atoms with Crippen LogP contribution in [0.5, 0.6) is 11.5 Å². The SMILES string of the molecule is O=C(NCc1cccc(Oc2ccncc2)c1)Nc1cccc(Cl)c1. The third-order valence-corrected chi connectivity index (χ3v) is 3.55. The number of ether oxygens (including phenoxy) is 1. The average molecular weight is 354 g/mol. The number of hydrogen-bond donors (Lipinski definition) is 2. The summed E-state index contributed by atoms with van der Waals surface area (Å²) in [4.78, 5) is 15.9. The van der Waals surface area contributed by atoms with Crippen molar-refractivity contribution in [1.29, 1.82) is 0 Å². The summed E-state index contributed by atoms with van der Waals surface area (Å²) >= 11 is 5.90. The van der Waals surface area contributed by atoms with Crippen molar-refractivity contribution in [3.8, 4) is 11.5 Å². The molecule has 126 valence electrons. The summed E-state index contributed by atoms with van der Waals surface area (Å²) in [6.45, 7) is 0.375. The third-order valence-electron chi connectivity index (χ3n) is 3.32. The number of hydrogen-bond acceptors (Lipinski definition) is 3. The minimum absolute atomic E-state index is 0.303. The zero-order valence-electron chi connectivity index (χ0n) is 13.3. The summed E-state index contributed by atoms with van der Waals surface area (Å²) in [6, 6.07) is 17.8. The van der Waals surface area contributed by atoms with Crippen LogP contribution in [0.2, 0.25) is 5.02 Å². The Morgan fingerprint density at radius 3 is 2.60 bits per heavy atom. The fourth-order valence-corrected chi connectivity index (χ4v) is 2.38. The van der Waals surface area contributed by atoms with Crippen LogP contribution < -0.4 is 15.4 Å². The number of pyridine rings is 1. The van der Waals surface area contributed by atoms with Crippen LogP contribution in [0.4, 0.5) is 10.5 Å². The van der Waals surface area contributed by atoms with Crippen molar-refractivity contribution in [3.63, 3.8) is 0 Å². The molecule has 0 aliphatic rings. The van der Waals surface area contributed by atoms with Gasteiger partial charge >= 0.3 is 6.03 Å². The van der Waals surface area contributed by atoms with Gasteiger partial charge in [-0.3, -0.25) is 4.98 Å². The highest BCUT2D eigenvalue weighted by Crippen LogP contribution is 2.21. The number of carbonyl (C=O) groups is 1. The Balaban J connectivity index is 1.56. The van der Waals surface area contributed by atoms with E-state index in [-0.39, 0.29) is 6.03 Å². The summed E-state index contributed by atoms with van der Waals surface area (Å²) in [6.07, 6.45) is 3.34. The second kappa shape index (κ2) is 8.17. The maximum Gasteiger partial charge on any atom is 0.319 e. The van der Waals surface area contributed by atoms with Crippen molar-refractivity contribution < 1.29 is 9.53 Å². The van der Waals surface area contributed by atoms with Crippen molar-refractivity contribution in [1.82, 2.24) is 10.3 Å². The van der Waals surface area contributed by atoms with Crippen molar-refractivity contribution in [2.75, 3.05) is 5.32 Å². The van der Waals surface area contributed by atoms with Gasteiger partial charge in [-0.1, -0.05) is 29.8 Å². The fraction of sp³-hybridized carbons (Fsp3) is 0.0526. The van der Waals surface area contributed by atoms with Crippen LogP contribution in [-0.2, 0) is 6.54 Å². The lowest BCUT2D eigenvalue weighted by Crippen LogP contribution is -2.28. The van der Waals surface area contributed by atoms with Crippen molar-refractivity contribution >= 4 is 23.3 Å². The summed E-state index contributed by atoms with van der Waals surface area (Å²) in [5, 5.41) is 6.10. The zero-order valence-corrected chi connectivity index (χ0v) is 14.0. The van der Waals surface area contributed by atoms with E-state index in [1.807, 2.05) is 24.3 Å². The van der Waals surface area contributed by atoms with E-state index in [0.29, 0.717) is 28.8 Å². The number of amides is 2. The van der Waals surface area contributed by atoms with Gasteiger partial charge in [-0.15, -0.1) is 0 Å². The van der Waals surface area contributed by atoms with Gasteiger partial charge in [-0.05, 0) is 48.0 Å². The molecule has 0 aliphatic heterocycles. The molecule has 2 aromatic carbocycles. The highest BCUT2D eigenvalue weighted by molar-refractivity contribution is 6.30. The summed E-state index contributed by atoms with van der Waals surface area (Å²) in [5.74, 6) is 1.40. The number of urea groups is 1. The molecule has 1 aromatic heterocycles. The van der Waals surface area contributed by atoms with E-state index in [1.165, 1.54) is 0 Å². The molecule has 25 heavy (non-hydrogen) atoms. The smallest absolute Gasteiger partial charge is 0.319 e. The molecule has 0 spiro atoms. The molecular weight excluding hydrogens is 338 g/mol. The summed E-state index contributed by atoms with van der Waals surface area (Å²) in [7, 11) is 0. The van der Waals surface area contributed by atoms with Crippen LogP contribution in [-0.4, -0.2) is 11.0 Å². The van der Waals surface area contributed by atoms with Gasteiger partial charge in [0, 0.05) is 29.6 Å². The molecule has 3 aromatic rings. The first kappa shape index (κ1) is 16.8. The Bertz CT molecular complexity index is 856. The first-order valence-electron chi connectivity index (χ1n) is 7.66. The van der Waals surface area contributed by atoms with Gasteiger partial charge in [0.25, 0.3) is 0 Å². The molecule has 3 rings (SSSR count).